The summed E-state index contributed by atoms with van der Waals surface area (Å²) in [5.41, 5.74) is 3.96. The van der Waals surface area contributed by atoms with E-state index in [1.165, 1.54) is 6.07 Å². The topological polar surface area (TPSA) is 22.3 Å². The highest BCUT2D eigenvalue weighted by Crippen LogP contribution is 2.20. The zero-order valence-corrected chi connectivity index (χ0v) is 14.0. The maximum atomic E-state index is 13.3. The van der Waals surface area contributed by atoms with Gasteiger partial charge in [0.25, 0.3) is 0 Å². The summed E-state index contributed by atoms with van der Waals surface area (Å²) in [6.45, 7) is 4.25. The molecule has 0 radical (unpaired) electrons. The van der Waals surface area contributed by atoms with E-state index in [9.17, 15) is 8.78 Å². The third kappa shape index (κ3) is 3.51. The van der Waals surface area contributed by atoms with Gasteiger partial charge < -0.3 is 9.88 Å². The number of anilines is 1. The number of piperazine rings is 1. The van der Waals surface area contributed by atoms with E-state index < -0.39 is 6.67 Å². The smallest absolute Gasteiger partial charge is 0.123 e. The molecule has 2 heterocycles. The highest BCUT2D eigenvalue weighted by Gasteiger charge is 2.18. The van der Waals surface area contributed by atoms with E-state index in [0.717, 1.165) is 60.6 Å². The second-order valence-electron chi connectivity index (χ2n) is 6.59. The van der Waals surface area contributed by atoms with Crippen LogP contribution in [0.15, 0.2) is 48.5 Å². The summed E-state index contributed by atoms with van der Waals surface area (Å²) in [4.78, 5) is 8.10. The van der Waals surface area contributed by atoms with Crippen molar-refractivity contribution in [1.29, 1.82) is 0 Å². The fourth-order valence-electron chi connectivity index (χ4n) is 3.45. The van der Waals surface area contributed by atoms with Crippen LogP contribution in [-0.4, -0.2) is 36.1 Å². The third-order valence-electron chi connectivity index (χ3n) is 4.86. The molecule has 0 unspecified atom stereocenters. The first-order valence-corrected chi connectivity index (χ1v) is 8.60. The normalized spacial score (nSPS) is 15.8. The lowest BCUT2D eigenvalue weighted by Crippen LogP contribution is -2.46. The number of H-pyrrole nitrogens is 1. The highest BCUT2D eigenvalue weighted by atomic mass is 19.1. The minimum absolute atomic E-state index is 0.203. The molecule has 0 amide bonds. The van der Waals surface area contributed by atoms with Gasteiger partial charge in [-0.3, -0.25) is 4.90 Å². The number of rotatable bonds is 4. The van der Waals surface area contributed by atoms with Gasteiger partial charge in [0.1, 0.15) is 12.5 Å². The molecular formula is C20H21F2N3. The standard InChI is InChI=1S/C20H21F2N3/c21-13-15-1-4-19(5-2-15)25-9-7-24(8-10-25)14-18-12-16-11-17(22)3-6-20(16)23-18/h1-6,11-12,23H,7-10,13-14H2. The zero-order valence-electron chi connectivity index (χ0n) is 14.0. The van der Waals surface area contributed by atoms with E-state index in [0.29, 0.717) is 0 Å². The fourth-order valence-corrected chi connectivity index (χ4v) is 3.45. The van der Waals surface area contributed by atoms with Crippen molar-refractivity contribution in [2.45, 2.75) is 13.2 Å². The van der Waals surface area contributed by atoms with Crippen LogP contribution in [0.25, 0.3) is 10.9 Å². The van der Waals surface area contributed by atoms with Gasteiger partial charge in [-0.1, -0.05) is 12.1 Å². The Morgan fingerprint density at radius 2 is 1.68 bits per heavy atom. The molecule has 3 nitrogen and oxygen atoms in total. The van der Waals surface area contributed by atoms with Crippen molar-refractivity contribution in [2.75, 3.05) is 31.1 Å². The molecule has 0 atom stereocenters. The number of aromatic nitrogens is 1. The van der Waals surface area contributed by atoms with Crippen molar-refractivity contribution in [3.63, 3.8) is 0 Å². The molecule has 4 rings (SSSR count). The summed E-state index contributed by atoms with van der Waals surface area (Å²) in [7, 11) is 0. The molecule has 0 saturated carbocycles. The monoisotopic (exact) mass is 341 g/mol. The van der Waals surface area contributed by atoms with Gasteiger partial charge in [-0.25, -0.2) is 8.78 Å². The van der Waals surface area contributed by atoms with Crippen molar-refractivity contribution in [2.24, 2.45) is 0 Å². The number of fused-ring (bicyclic) bond motifs is 1. The molecule has 1 N–H and O–H groups in total. The number of nitrogens with zero attached hydrogens (tertiary/aromatic N) is 2. The molecule has 1 saturated heterocycles. The Labute approximate surface area is 145 Å². The predicted octanol–water partition coefficient (Wildman–Crippen LogP) is 4.10. The van der Waals surface area contributed by atoms with Crippen LogP contribution in [0, 0.1) is 5.82 Å². The molecule has 3 aromatic rings. The molecule has 130 valence electrons. The second-order valence-corrected chi connectivity index (χ2v) is 6.59. The predicted molar refractivity (Wildman–Crippen MR) is 97.0 cm³/mol. The van der Waals surface area contributed by atoms with E-state index in [-0.39, 0.29) is 5.82 Å². The first kappa shape index (κ1) is 16.1. The van der Waals surface area contributed by atoms with Crippen LogP contribution >= 0.6 is 0 Å². The Balaban J connectivity index is 1.37. The quantitative estimate of drug-likeness (QED) is 0.772. The zero-order chi connectivity index (χ0) is 17.2. The number of hydrogen-bond donors (Lipinski definition) is 1. The number of benzene rings is 2. The Hall–Kier alpha value is -2.40. The van der Waals surface area contributed by atoms with E-state index in [1.54, 1.807) is 12.1 Å². The lowest BCUT2D eigenvalue weighted by molar-refractivity contribution is 0.247. The molecule has 1 fully saturated rings. The van der Waals surface area contributed by atoms with Gasteiger partial charge in [0, 0.05) is 55.0 Å². The molecule has 1 aliphatic heterocycles. The van der Waals surface area contributed by atoms with Crippen molar-refractivity contribution < 1.29 is 8.78 Å². The number of hydrogen-bond acceptors (Lipinski definition) is 2. The number of aromatic amines is 1. The SMILES string of the molecule is FCc1ccc(N2CCN(Cc3cc4cc(F)ccc4[nH]3)CC2)cc1. The number of alkyl halides is 1. The second kappa shape index (κ2) is 6.84. The molecule has 5 heteroatoms. The van der Waals surface area contributed by atoms with Crippen LogP contribution in [0.1, 0.15) is 11.3 Å². The lowest BCUT2D eigenvalue weighted by Gasteiger charge is -2.36. The highest BCUT2D eigenvalue weighted by molar-refractivity contribution is 5.80. The largest absolute Gasteiger partial charge is 0.369 e. The maximum Gasteiger partial charge on any atom is 0.123 e. The van der Waals surface area contributed by atoms with Gasteiger partial charge in [-0.05, 0) is 42.0 Å². The molecule has 25 heavy (non-hydrogen) atoms. The molecule has 1 aromatic heterocycles. The summed E-state index contributed by atoms with van der Waals surface area (Å²) in [5, 5.41) is 0.918. The lowest BCUT2D eigenvalue weighted by atomic mass is 10.2. The molecule has 0 spiro atoms. The average molecular weight is 341 g/mol. The van der Waals surface area contributed by atoms with Crippen LogP contribution < -0.4 is 4.90 Å². The van der Waals surface area contributed by atoms with Crippen LogP contribution in [0.3, 0.4) is 0 Å². The average Bonchev–Trinajstić information content (AvgIpc) is 3.04. The minimum atomic E-state index is -0.414. The summed E-state index contributed by atoms with van der Waals surface area (Å²) in [5.74, 6) is -0.203. The third-order valence-corrected chi connectivity index (χ3v) is 4.86. The number of halogens is 2. The Morgan fingerprint density at radius 3 is 2.40 bits per heavy atom. The molecule has 0 aliphatic carbocycles. The van der Waals surface area contributed by atoms with Crippen LogP contribution in [0.5, 0.6) is 0 Å². The summed E-state index contributed by atoms with van der Waals surface area (Å²) < 4.78 is 25.9. The molecule has 1 aliphatic rings. The van der Waals surface area contributed by atoms with Gasteiger partial charge in [-0.2, -0.15) is 0 Å². The molecule has 2 aromatic carbocycles. The van der Waals surface area contributed by atoms with Gasteiger partial charge >= 0.3 is 0 Å². The maximum absolute atomic E-state index is 13.3. The van der Waals surface area contributed by atoms with Crippen molar-refractivity contribution in [3.05, 3.63) is 65.6 Å². The van der Waals surface area contributed by atoms with Gasteiger partial charge in [0.05, 0.1) is 0 Å². The van der Waals surface area contributed by atoms with Gasteiger partial charge in [0.2, 0.25) is 0 Å². The molecule has 0 bridgehead atoms. The Kier molecular flexibility index (Phi) is 4.40. The first-order valence-electron chi connectivity index (χ1n) is 8.60. The van der Waals surface area contributed by atoms with Crippen LogP contribution in [0.4, 0.5) is 14.5 Å². The Bertz CT molecular complexity index is 849. The molecular weight excluding hydrogens is 320 g/mol. The van der Waals surface area contributed by atoms with E-state index in [2.05, 4.69) is 14.8 Å². The first-order chi connectivity index (χ1) is 12.2. The van der Waals surface area contributed by atoms with Crippen LogP contribution in [-0.2, 0) is 13.2 Å². The fraction of sp³-hybridized carbons (Fsp3) is 0.300. The Morgan fingerprint density at radius 1 is 0.920 bits per heavy atom. The van der Waals surface area contributed by atoms with E-state index in [1.807, 2.05) is 30.3 Å². The van der Waals surface area contributed by atoms with Crippen molar-refractivity contribution >= 4 is 16.6 Å². The minimum Gasteiger partial charge on any atom is -0.369 e. The summed E-state index contributed by atoms with van der Waals surface area (Å²) in [6.07, 6.45) is 0. The van der Waals surface area contributed by atoms with Crippen molar-refractivity contribution in [3.8, 4) is 0 Å². The van der Waals surface area contributed by atoms with Gasteiger partial charge in [-0.15, -0.1) is 0 Å². The number of nitrogens with one attached hydrogen (secondary N) is 1. The van der Waals surface area contributed by atoms with E-state index >= 15 is 0 Å². The van der Waals surface area contributed by atoms with Crippen LogP contribution in [0.2, 0.25) is 0 Å². The van der Waals surface area contributed by atoms with Crippen molar-refractivity contribution in [1.82, 2.24) is 9.88 Å². The van der Waals surface area contributed by atoms with E-state index in [4.69, 9.17) is 0 Å². The summed E-state index contributed by atoms with van der Waals surface area (Å²) >= 11 is 0. The van der Waals surface area contributed by atoms with Gasteiger partial charge in [0.15, 0.2) is 0 Å². The summed E-state index contributed by atoms with van der Waals surface area (Å²) in [6, 6.07) is 14.6.